The second kappa shape index (κ2) is 5.66. The molecule has 0 saturated heterocycles. The predicted octanol–water partition coefficient (Wildman–Crippen LogP) is 2.20. The summed E-state index contributed by atoms with van der Waals surface area (Å²) in [5, 5.41) is 2.45. The third-order valence-electron chi connectivity index (χ3n) is 2.79. The van der Waals surface area contributed by atoms with Crippen LogP contribution in [0.25, 0.3) is 0 Å². The normalized spacial score (nSPS) is 11.4. The zero-order chi connectivity index (χ0) is 15.6. The van der Waals surface area contributed by atoms with Gasteiger partial charge >= 0.3 is 0 Å². The van der Waals surface area contributed by atoms with E-state index < -0.39 is 27.3 Å². The van der Waals surface area contributed by atoms with Crippen LogP contribution in [0.1, 0.15) is 0 Å². The molecule has 4 N–H and O–H groups in total. The summed E-state index contributed by atoms with van der Waals surface area (Å²) in [6.45, 7) is 0. The average molecular weight is 313 g/mol. The summed E-state index contributed by atoms with van der Waals surface area (Å²) in [5.74, 6) is -1.67. The number of halogens is 2. The number of sulfonamides is 1. The number of nitrogens with two attached hydrogens (primary N) is 1. The lowest BCUT2D eigenvalue weighted by molar-refractivity contribution is 0.586. The van der Waals surface area contributed by atoms with Gasteiger partial charge in [0.15, 0.2) is 0 Å². The first-order chi connectivity index (χ1) is 9.85. The van der Waals surface area contributed by atoms with Gasteiger partial charge in [-0.2, -0.15) is 0 Å². The van der Waals surface area contributed by atoms with Gasteiger partial charge in [-0.25, -0.2) is 21.9 Å². The van der Waals surface area contributed by atoms with Crippen molar-refractivity contribution in [2.75, 3.05) is 18.1 Å². The quantitative estimate of drug-likeness (QED) is 0.756. The van der Waals surface area contributed by atoms with Gasteiger partial charge < -0.3 is 11.1 Å². The Labute approximate surface area is 120 Å². The maximum atomic E-state index is 13.6. The van der Waals surface area contributed by atoms with Crippen LogP contribution in [-0.4, -0.2) is 15.5 Å². The van der Waals surface area contributed by atoms with E-state index in [1.165, 1.54) is 31.3 Å². The van der Waals surface area contributed by atoms with Gasteiger partial charge in [0.25, 0.3) is 0 Å². The molecule has 0 heterocycles. The molecule has 0 aliphatic heterocycles. The summed E-state index contributed by atoms with van der Waals surface area (Å²) in [6, 6.07) is 7.31. The van der Waals surface area contributed by atoms with E-state index in [1.54, 1.807) is 0 Å². The van der Waals surface area contributed by atoms with Crippen molar-refractivity contribution in [1.82, 2.24) is 4.72 Å². The van der Waals surface area contributed by atoms with Crippen molar-refractivity contribution in [2.24, 2.45) is 0 Å². The molecule has 2 aromatic rings. The molecule has 0 aliphatic rings. The molecule has 0 amide bonds. The Bertz CT molecular complexity index is 759. The molecule has 0 bridgehead atoms. The lowest BCUT2D eigenvalue weighted by atomic mass is 10.2. The van der Waals surface area contributed by atoms with Crippen LogP contribution in [0.15, 0.2) is 41.3 Å². The Balaban J connectivity index is 2.56. The van der Waals surface area contributed by atoms with Crippen LogP contribution in [0.5, 0.6) is 0 Å². The van der Waals surface area contributed by atoms with E-state index in [-0.39, 0.29) is 16.3 Å². The highest BCUT2D eigenvalue weighted by Crippen LogP contribution is 2.29. The van der Waals surface area contributed by atoms with E-state index in [9.17, 15) is 17.2 Å². The summed E-state index contributed by atoms with van der Waals surface area (Å²) >= 11 is 0. The lowest BCUT2D eigenvalue weighted by Crippen LogP contribution is -2.20. The molecule has 112 valence electrons. The molecular formula is C13H13F2N3O2S. The van der Waals surface area contributed by atoms with Gasteiger partial charge in [-0.1, -0.05) is 6.07 Å². The first kappa shape index (κ1) is 15.2. The van der Waals surface area contributed by atoms with Crippen LogP contribution in [0.3, 0.4) is 0 Å². The zero-order valence-electron chi connectivity index (χ0n) is 11.0. The molecule has 0 aliphatic carbocycles. The number of nitrogens with one attached hydrogen (secondary N) is 2. The van der Waals surface area contributed by atoms with Crippen molar-refractivity contribution < 1.29 is 17.2 Å². The predicted molar refractivity (Wildman–Crippen MR) is 76.7 cm³/mol. The molecule has 0 fully saturated rings. The smallest absolute Gasteiger partial charge is 0.242 e. The van der Waals surface area contributed by atoms with Gasteiger partial charge in [-0.15, -0.1) is 0 Å². The van der Waals surface area contributed by atoms with E-state index in [4.69, 9.17) is 5.73 Å². The SMILES string of the molecule is CNS(=O)(=O)c1cc(N)ccc1Nc1c(F)cccc1F. The highest BCUT2D eigenvalue weighted by Gasteiger charge is 2.19. The molecule has 2 aromatic carbocycles. The highest BCUT2D eigenvalue weighted by molar-refractivity contribution is 7.89. The van der Waals surface area contributed by atoms with Crippen molar-refractivity contribution in [2.45, 2.75) is 4.90 Å². The maximum absolute atomic E-state index is 13.6. The fraction of sp³-hybridized carbons (Fsp3) is 0.0769. The van der Waals surface area contributed by atoms with E-state index in [0.29, 0.717) is 0 Å². The van der Waals surface area contributed by atoms with E-state index in [2.05, 4.69) is 10.0 Å². The molecule has 0 saturated carbocycles. The Morgan fingerprint density at radius 3 is 2.29 bits per heavy atom. The largest absolute Gasteiger partial charge is 0.399 e. The van der Waals surface area contributed by atoms with Crippen LogP contribution in [-0.2, 0) is 10.0 Å². The van der Waals surface area contributed by atoms with Crippen molar-refractivity contribution in [3.63, 3.8) is 0 Å². The zero-order valence-corrected chi connectivity index (χ0v) is 11.8. The monoisotopic (exact) mass is 313 g/mol. The molecule has 5 nitrogen and oxygen atoms in total. The molecule has 0 atom stereocenters. The van der Waals surface area contributed by atoms with Crippen LogP contribution < -0.4 is 15.8 Å². The number of para-hydroxylation sites is 1. The van der Waals surface area contributed by atoms with Crippen molar-refractivity contribution in [3.05, 3.63) is 48.0 Å². The molecule has 0 unspecified atom stereocenters. The fourth-order valence-corrected chi connectivity index (χ4v) is 2.65. The second-order valence-electron chi connectivity index (χ2n) is 4.18. The van der Waals surface area contributed by atoms with E-state index in [1.807, 2.05) is 0 Å². The first-order valence-electron chi connectivity index (χ1n) is 5.89. The number of benzene rings is 2. The van der Waals surface area contributed by atoms with Crippen molar-refractivity contribution >= 4 is 27.1 Å². The maximum Gasteiger partial charge on any atom is 0.242 e. The Morgan fingerprint density at radius 2 is 1.71 bits per heavy atom. The fourth-order valence-electron chi connectivity index (χ4n) is 1.73. The van der Waals surface area contributed by atoms with Gasteiger partial charge in [0.05, 0.1) is 5.69 Å². The van der Waals surface area contributed by atoms with Gasteiger partial charge in [-0.05, 0) is 37.4 Å². The van der Waals surface area contributed by atoms with Crippen LogP contribution in [0.2, 0.25) is 0 Å². The van der Waals surface area contributed by atoms with Gasteiger partial charge in [-0.3, -0.25) is 0 Å². The third-order valence-corrected chi connectivity index (χ3v) is 4.24. The second-order valence-corrected chi connectivity index (χ2v) is 6.04. The molecular weight excluding hydrogens is 300 g/mol. The van der Waals surface area contributed by atoms with Gasteiger partial charge in [0.2, 0.25) is 10.0 Å². The number of hydrogen-bond donors (Lipinski definition) is 3. The van der Waals surface area contributed by atoms with Crippen molar-refractivity contribution in [3.8, 4) is 0 Å². The number of hydrogen-bond acceptors (Lipinski definition) is 4. The minimum atomic E-state index is -3.83. The van der Waals surface area contributed by atoms with Crippen LogP contribution in [0, 0.1) is 11.6 Å². The van der Waals surface area contributed by atoms with Crippen molar-refractivity contribution in [1.29, 1.82) is 0 Å². The number of nitrogen functional groups attached to an aromatic ring is 1. The molecule has 0 spiro atoms. The van der Waals surface area contributed by atoms with Gasteiger partial charge in [0.1, 0.15) is 22.2 Å². The summed E-state index contributed by atoms with van der Waals surface area (Å²) in [4.78, 5) is -0.201. The summed E-state index contributed by atoms with van der Waals surface area (Å²) in [7, 11) is -2.61. The molecule has 21 heavy (non-hydrogen) atoms. The number of anilines is 3. The highest BCUT2D eigenvalue weighted by atomic mass is 32.2. The Hall–Kier alpha value is -2.19. The van der Waals surface area contributed by atoms with E-state index in [0.717, 1.165) is 12.1 Å². The molecule has 2 rings (SSSR count). The topological polar surface area (TPSA) is 84.2 Å². The minimum Gasteiger partial charge on any atom is -0.399 e. The summed E-state index contributed by atoms with van der Waals surface area (Å²) in [6.07, 6.45) is 0. The minimum absolute atomic E-state index is 0.0163. The Kier molecular flexibility index (Phi) is 4.10. The standard InChI is InChI=1S/C13H13F2N3O2S/c1-17-21(19,20)12-7-8(16)5-6-11(12)18-13-9(14)3-2-4-10(13)15/h2-7,17-18H,16H2,1H3. The molecule has 0 radical (unpaired) electrons. The van der Waals surface area contributed by atoms with Crippen LogP contribution >= 0.6 is 0 Å². The van der Waals surface area contributed by atoms with Crippen LogP contribution in [0.4, 0.5) is 25.8 Å². The lowest BCUT2D eigenvalue weighted by Gasteiger charge is -2.14. The summed E-state index contributed by atoms with van der Waals surface area (Å²) < 4.78 is 53.3. The average Bonchev–Trinajstić information content (AvgIpc) is 2.44. The first-order valence-corrected chi connectivity index (χ1v) is 7.37. The summed E-state index contributed by atoms with van der Waals surface area (Å²) in [5.41, 5.74) is 5.36. The number of rotatable bonds is 4. The molecule has 0 aromatic heterocycles. The molecule has 8 heteroatoms. The Morgan fingerprint density at radius 1 is 1.10 bits per heavy atom. The third kappa shape index (κ3) is 3.11. The van der Waals surface area contributed by atoms with Gasteiger partial charge in [0, 0.05) is 5.69 Å². The van der Waals surface area contributed by atoms with E-state index >= 15 is 0 Å².